The van der Waals surface area contributed by atoms with Gasteiger partial charge in [0, 0.05) is 5.02 Å². The Morgan fingerprint density at radius 1 is 1.47 bits per heavy atom. The quantitative estimate of drug-likeness (QED) is 0.830. The van der Waals surface area contributed by atoms with E-state index in [1.54, 1.807) is 25.1 Å². The Kier molecular flexibility index (Phi) is 4.12. The zero-order valence-corrected chi connectivity index (χ0v) is 9.16. The molecule has 0 saturated heterocycles. The van der Waals surface area contributed by atoms with Crippen LogP contribution in [0.3, 0.4) is 0 Å². The molecule has 0 heterocycles. The van der Waals surface area contributed by atoms with E-state index in [4.69, 9.17) is 21.8 Å². The number of aliphatic carboxylic acids is 1. The molecule has 0 aromatic heterocycles. The first kappa shape index (κ1) is 12.0. The molecule has 3 nitrogen and oxygen atoms in total. The van der Waals surface area contributed by atoms with Gasteiger partial charge in [0.2, 0.25) is 0 Å². The number of carboxylic acids is 1. The van der Waals surface area contributed by atoms with Crippen molar-refractivity contribution in [3.05, 3.63) is 34.3 Å². The molecule has 0 saturated carbocycles. The summed E-state index contributed by atoms with van der Waals surface area (Å²) < 4.78 is 0. The molecule has 1 rings (SSSR count). The predicted octanol–water partition coefficient (Wildman–Crippen LogP) is 2.10. The Balaban J connectivity index is 2.89. The fourth-order valence-electron chi connectivity index (χ4n) is 1.36. The predicted molar refractivity (Wildman–Crippen MR) is 57.9 cm³/mol. The molecule has 4 heteroatoms. The maximum absolute atomic E-state index is 10.7. The van der Waals surface area contributed by atoms with Crippen molar-refractivity contribution >= 4 is 17.6 Å². The molecule has 0 fully saturated rings. The zero-order chi connectivity index (χ0) is 11.4. The van der Waals surface area contributed by atoms with Crippen LogP contribution in [0, 0.1) is 5.92 Å². The Hall–Kier alpha value is -1.06. The van der Waals surface area contributed by atoms with Gasteiger partial charge in [-0.05, 0) is 29.7 Å². The smallest absolute Gasteiger partial charge is 0.306 e. The van der Waals surface area contributed by atoms with Gasteiger partial charge < -0.3 is 10.2 Å². The summed E-state index contributed by atoms with van der Waals surface area (Å²) in [6.07, 6.45) is 0.405. The van der Waals surface area contributed by atoms with Crippen LogP contribution >= 0.6 is 11.6 Å². The van der Waals surface area contributed by atoms with Crippen molar-refractivity contribution in [3.8, 4) is 0 Å². The lowest BCUT2D eigenvalue weighted by Crippen LogP contribution is -2.13. The van der Waals surface area contributed by atoms with E-state index >= 15 is 0 Å². The maximum Gasteiger partial charge on any atom is 0.306 e. The summed E-state index contributed by atoms with van der Waals surface area (Å²) in [5, 5.41) is 18.4. The summed E-state index contributed by atoms with van der Waals surface area (Å²) in [7, 11) is 0. The van der Waals surface area contributed by atoms with Gasteiger partial charge >= 0.3 is 5.97 Å². The largest absolute Gasteiger partial charge is 0.481 e. The third kappa shape index (κ3) is 3.22. The molecule has 0 radical (unpaired) electrons. The fourth-order valence-corrected chi connectivity index (χ4v) is 1.55. The van der Waals surface area contributed by atoms with E-state index in [-0.39, 0.29) is 6.61 Å². The molecule has 0 aliphatic carbocycles. The van der Waals surface area contributed by atoms with Crippen LogP contribution in [0.2, 0.25) is 5.02 Å². The molecule has 1 aromatic rings. The van der Waals surface area contributed by atoms with Crippen molar-refractivity contribution in [1.29, 1.82) is 0 Å². The Labute approximate surface area is 93.3 Å². The lowest BCUT2D eigenvalue weighted by molar-refractivity contribution is -0.141. The summed E-state index contributed by atoms with van der Waals surface area (Å²) in [6, 6.07) is 5.11. The zero-order valence-electron chi connectivity index (χ0n) is 8.40. The van der Waals surface area contributed by atoms with E-state index < -0.39 is 11.9 Å². The first-order valence-electron chi connectivity index (χ1n) is 4.65. The molecule has 0 spiro atoms. The van der Waals surface area contributed by atoms with Crippen molar-refractivity contribution in [1.82, 2.24) is 0 Å². The summed E-state index contributed by atoms with van der Waals surface area (Å²) in [4.78, 5) is 10.7. The van der Waals surface area contributed by atoms with Crippen LogP contribution in [0.15, 0.2) is 18.2 Å². The number of carboxylic acid groups (broad SMARTS) is 1. The third-order valence-electron chi connectivity index (χ3n) is 2.29. The minimum Gasteiger partial charge on any atom is -0.481 e. The average Bonchev–Trinajstić information content (AvgIpc) is 2.20. The van der Waals surface area contributed by atoms with Crippen molar-refractivity contribution in [2.24, 2.45) is 5.92 Å². The summed E-state index contributed by atoms with van der Waals surface area (Å²) in [5.74, 6) is -1.30. The van der Waals surface area contributed by atoms with Crippen molar-refractivity contribution in [2.45, 2.75) is 20.0 Å². The SMILES string of the molecule is CC(Cc1ccc(Cl)cc1CO)C(=O)O. The van der Waals surface area contributed by atoms with Crippen LogP contribution < -0.4 is 0 Å². The normalized spacial score (nSPS) is 12.5. The second kappa shape index (κ2) is 5.14. The molecular weight excluding hydrogens is 216 g/mol. The first-order valence-corrected chi connectivity index (χ1v) is 5.03. The van der Waals surface area contributed by atoms with Crippen LogP contribution in [-0.2, 0) is 17.8 Å². The Bertz CT molecular complexity index is 363. The molecule has 1 atom stereocenters. The van der Waals surface area contributed by atoms with Gasteiger partial charge in [0.1, 0.15) is 0 Å². The number of hydrogen-bond donors (Lipinski definition) is 2. The maximum atomic E-state index is 10.7. The van der Waals surface area contributed by atoms with E-state index in [0.29, 0.717) is 17.0 Å². The second-order valence-electron chi connectivity index (χ2n) is 3.51. The van der Waals surface area contributed by atoms with Crippen LogP contribution in [-0.4, -0.2) is 16.2 Å². The number of benzene rings is 1. The van der Waals surface area contributed by atoms with Gasteiger partial charge in [-0.1, -0.05) is 24.6 Å². The summed E-state index contributed by atoms with van der Waals surface area (Å²) >= 11 is 5.77. The number of carbonyl (C=O) groups is 1. The molecule has 0 aliphatic rings. The second-order valence-corrected chi connectivity index (χ2v) is 3.95. The molecular formula is C11H13ClO3. The lowest BCUT2D eigenvalue weighted by atomic mass is 9.97. The first-order chi connectivity index (χ1) is 7.04. The van der Waals surface area contributed by atoms with E-state index in [2.05, 4.69) is 0 Å². The molecule has 0 aliphatic heterocycles. The third-order valence-corrected chi connectivity index (χ3v) is 2.52. The molecule has 0 amide bonds. The topological polar surface area (TPSA) is 57.5 Å². The molecule has 1 aromatic carbocycles. The number of halogens is 1. The fraction of sp³-hybridized carbons (Fsp3) is 0.364. The van der Waals surface area contributed by atoms with Gasteiger partial charge in [0.15, 0.2) is 0 Å². The van der Waals surface area contributed by atoms with Crippen molar-refractivity contribution in [2.75, 3.05) is 0 Å². The lowest BCUT2D eigenvalue weighted by Gasteiger charge is -2.10. The number of rotatable bonds is 4. The standard InChI is InChI=1S/C11H13ClO3/c1-7(11(14)15)4-8-2-3-10(12)5-9(8)6-13/h2-3,5,7,13H,4,6H2,1H3,(H,14,15). The van der Waals surface area contributed by atoms with Crippen molar-refractivity contribution in [3.63, 3.8) is 0 Å². The highest BCUT2D eigenvalue weighted by atomic mass is 35.5. The van der Waals surface area contributed by atoms with E-state index in [1.165, 1.54) is 0 Å². The molecule has 15 heavy (non-hydrogen) atoms. The van der Waals surface area contributed by atoms with E-state index in [0.717, 1.165) is 5.56 Å². The van der Waals surface area contributed by atoms with Crippen LogP contribution in [0.25, 0.3) is 0 Å². The van der Waals surface area contributed by atoms with Crippen LogP contribution in [0.1, 0.15) is 18.1 Å². The van der Waals surface area contributed by atoms with Crippen LogP contribution in [0.5, 0.6) is 0 Å². The monoisotopic (exact) mass is 228 g/mol. The molecule has 1 unspecified atom stereocenters. The van der Waals surface area contributed by atoms with Crippen LogP contribution in [0.4, 0.5) is 0 Å². The number of aliphatic hydroxyl groups is 1. The highest BCUT2D eigenvalue weighted by Gasteiger charge is 2.13. The Morgan fingerprint density at radius 2 is 2.13 bits per heavy atom. The van der Waals surface area contributed by atoms with Gasteiger partial charge in [-0.3, -0.25) is 4.79 Å². The summed E-state index contributed by atoms with van der Waals surface area (Å²) in [6.45, 7) is 1.51. The highest BCUT2D eigenvalue weighted by Crippen LogP contribution is 2.19. The van der Waals surface area contributed by atoms with E-state index in [1.807, 2.05) is 0 Å². The summed E-state index contributed by atoms with van der Waals surface area (Å²) in [5.41, 5.74) is 1.52. The van der Waals surface area contributed by atoms with Gasteiger partial charge in [0.25, 0.3) is 0 Å². The highest BCUT2D eigenvalue weighted by molar-refractivity contribution is 6.30. The Morgan fingerprint density at radius 3 is 2.67 bits per heavy atom. The van der Waals surface area contributed by atoms with Gasteiger partial charge in [-0.25, -0.2) is 0 Å². The van der Waals surface area contributed by atoms with Crippen molar-refractivity contribution < 1.29 is 15.0 Å². The molecule has 0 bridgehead atoms. The minimum atomic E-state index is -0.839. The molecule has 2 N–H and O–H groups in total. The number of hydrogen-bond acceptors (Lipinski definition) is 2. The average molecular weight is 229 g/mol. The minimum absolute atomic E-state index is 0.123. The van der Waals surface area contributed by atoms with Gasteiger partial charge in [-0.2, -0.15) is 0 Å². The van der Waals surface area contributed by atoms with E-state index in [9.17, 15) is 4.79 Å². The van der Waals surface area contributed by atoms with Gasteiger partial charge in [-0.15, -0.1) is 0 Å². The number of aliphatic hydroxyl groups excluding tert-OH is 1. The molecule has 82 valence electrons. The van der Waals surface area contributed by atoms with Gasteiger partial charge in [0.05, 0.1) is 12.5 Å².